The number of benzene rings is 3. The average Bonchev–Trinajstić information content (AvgIpc) is 3.01. The summed E-state index contributed by atoms with van der Waals surface area (Å²) in [6.45, 7) is 17.6. The number of urea groups is 1. The smallest absolute Gasteiger partial charge is 0.335 e. The second kappa shape index (κ2) is 12.7. The Balaban J connectivity index is 1.84. The molecule has 0 saturated carbocycles. The van der Waals surface area contributed by atoms with Crippen LogP contribution in [-0.4, -0.2) is 54.0 Å². The van der Waals surface area contributed by atoms with E-state index in [1.54, 1.807) is 0 Å². The Bertz CT molecular complexity index is 1210. The molecule has 1 fully saturated rings. The predicted octanol–water partition coefficient (Wildman–Crippen LogP) is 7.75. The number of hydrazine groups is 1. The van der Waals surface area contributed by atoms with E-state index in [0.717, 1.165) is 17.5 Å². The maximum absolute atomic E-state index is 14.7. The number of hydrogen-bond donors (Lipinski definition) is 0. The molecule has 3 aromatic rings. The molecule has 0 aliphatic carbocycles. The maximum atomic E-state index is 14.7. The van der Waals surface area contributed by atoms with Crippen molar-refractivity contribution in [1.82, 2.24) is 14.9 Å². The molecule has 0 spiro atoms. The highest BCUT2D eigenvalue weighted by Crippen LogP contribution is 2.39. The molecule has 1 unspecified atom stereocenters. The van der Waals surface area contributed by atoms with Gasteiger partial charge in [0.05, 0.1) is 18.7 Å². The summed E-state index contributed by atoms with van der Waals surface area (Å²) in [6, 6.07) is 31.3. The van der Waals surface area contributed by atoms with E-state index in [9.17, 15) is 4.79 Å². The Morgan fingerprint density at radius 3 is 1.75 bits per heavy atom. The van der Waals surface area contributed by atoms with Crippen LogP contribution in [0.3, 0.4) is 0 Å². The summed E-state index contributed by atoms with van der Waals surface area (Å²) in [4.78, 5) is 16.8. The van der Waals surface area contributed by atoms with Crippen LogP contribution in [-0.2, 0) is 23.9 Å². The Kier molecular flexibility index (Phi) is 9.55. The van der Waals surface area contributed by atoms with E-state index in [-0.39, 0.29) is 29.3 Å². The number of carbonyl (C=O) groups excluding carboxylic acids is 1. The van der Waals surface area contributed by atoms with Crippen molar-refractivity contribution in [2.45, 2.75) is 90.4 Å². The fourth-order valence-electron chi connectivity index (χ4n) is 5.14. The van der Waals surface area contributed by atoms with Crippen molar-refractivity contribution in [3.05, 3.63) is 108 Å². The zero-order valence-electron chi connectivity index (χ0n) is 25.4. The largest absolute Gasteiger partial charge is 0.410 e. The molecule has 2 atom stereocenters. The molecule has 0 N–H and O–H groups in total. The molecular weight excluding hydrogens is 510 g/mol. The first-order valence-electron chi connectivity index (χ1n) is 14.6. The van der Waals surface area contributed by atoms with Crippen LogP contribution in [0, 0.1) is 0 Å². The number of nitrogens with zero attached hydrogens (tertiary/aromatic N) is 3. The molecule has 1 heterocycles. The predicted molar refractivity (Wildman–Crippen MR) is 167 cm³/mol. The quantitative estimate of drug-likeness (QED) is 0.252. The van der Waals surface area contributed by atoms with Crippen molar-refractivity contribution < 1.29 is 9.22 Å². The molecule has 0 bridgehead atoms. The van der Waals surface area contributed by atoms with Gasteiger partial charge in [0.2, 0.25) is 0 Å². The lowest BCUT2D eigenvalue weighted by molar-refractivity contribution is -0.0357. The number of hydrogen-bond acceptors (Lipinski definition) is 3. The minimum Gasteiger partial charge on any atom is -0.410 e. The van der Waals surface area contributed by atoms with Gasteiger partial charge in [-0.1, -0.05) is 112 Å². The van der Waals surface area contributed by atoms with Gasteiger partial charge in [0.15, 0.2) is 8.32 Å². The fraction of sp³-hybridized carbons (Fsp3) is 0.441. The molecule has 0 radical (unpaired) electrons. The summed E-state index contributed by atoms with van der Waals surface area (Å²) in [5.41, 5.74) is 3.46. The van der Waals surface area contributed by atoms with E-state index in [0.29, 0.717) is 19.6 Å². The second-order valence-corrected chi connectivity index (χ2v) is 17.6. The first-order valence-corrected chi connectivity index (χ1v) is 17.5. The zero-order chi connectivity index (χ0) is 28.9. The van der Waals surface area contributed by atoms with Crippen molar-refractivity contribution in [1.29, 1.82) is 0 Å². The van der Waals surface area contributed by atoms with E-state index >= 15 is 0 Å². The molecule has 3 aromatic carbocycles. The lowest BCUT2D eigenvalue weighted by Crippen LogP contribution is -2.54. The molecule has 1 saturated heterocycles. The molecule has 1 aliphatic rings. The van der Waals surface area contributed by atoms with Gasteiger partial charge in [-0.25, -0.2) is 9.80 Å². The van der Waals surface area contributed by atoms with E-state index in [2.05, 4.69) is 124 Å². The van der Waals surface area contributed by atoms with Crippen LogP contribution in [0.5, 0.6) is 0 Å². The summed E-state index contributed by atoms with van der Waals surface area (Å²) in [7, 11) is -2.16. The van der Waals surface area contributed by atoms with E-state index in [1.165, 1.54) is 5.56 Å². The van der Waals surface area contributed by atoms with Gasteiger partial charge < -0.3 is 9.33 Å². The van der Waals surface area contributed by atoms with E-state index in [4.69, 9.17) is 4.43 Å². The van der Waals surface area contributed by atoms with Crippen LogP contribution in [0.25, 0.3) is 0 Å². The summed E-state index contributed by atoms with van der Waals surface area (Å²) in [5.74, 6) is 0. The molecular formula is C34H47N3O2Si. The molecule has 4 rings (SSSR count). The average molecular weight is 558 g/mol. The lowest BCUT2D eigenvalue weighted by atomic mass is 9.99. The van der Waals surface area contributed by atoms with Crippen molar-refractivity contribution in [2.75, 3.05) is 6.54 Å². The van der Waals surface area contributed by atoms with Crippen molar-refractivity contribution in [3.63, 3.8) is 0 Å². The van der Waals surface area contributed by atoms with Crippen molar-refractivity contribution in [3.8, 4) is 0 Å². The standard InChI is InChI=1S/C34H47N3O2Si/c1-27(2)36-26-32(39-40(6,7)34(3,4)5)31(23-28-17-11-8-12-18-28)35(24-29-19-13-9-14-20-29)33(38)37(36)25-30-21-15-10-16-22-30/h8-22,27,31-32H,23-26H2,1-7H3/t31-,32?/m0/s1. The van der Waals surface area contributed by atoms with Crippen LogP contribution in [0.15, 0.2) is 91.0 Å². The van der Waals surface area contributed by atoms with Crippen LogP contribution in [0.2, 0.25) is 18.1 Å². The number of carbonyl (C=O) groups is 1. The van der Waals surface area contributed by atoms with Gasteiger partial charge in [0.25, 0.3) is 0 Å². The van der Waals surface area contributed by atoms with Crippen LogP contribution in [0.1, 0.15) is 51.3 Å². The highest BCUT2D eigenvalue weighted by Gasteiger charge is 2.46. The van der Waals surface area contributed by atoms with Gasteiger partial charge in [-0.15, -0.1) is 0 Å². The first-order chi connectivity index (χ1) is 19.0. The summed E-state index contributed by atoms with van der Waals surface area (Å²) >= 11 is 0. The van der Waals surface area contributed by atoms with E-state index in [1.807, 2.05) is 29.3 Å². The maximum Gasteiger partial charge on any atom is 0.335 e. The summed E-state index contributed by atoms with van der Waals surface area (Å²) < 4.78 is 7.28. The second-order valence-electron chi connectivity index (χ2n) is 12.8. The highest BCUT2D eigenvalue weighted by atomic mass is 28.4. The number of amides is 2. The molecule has 2 amide bonds. The van der Waals surface area contributed by atoms with Gasteiger partial charge in [-0.3, -0.25) is 5.01 Å². The van der Waals surface area contributed by atoms with Gasteiger partial charge in [0, 0.05) is 19.1 Å². The third kappa shape index (κ3) is 7.22. The minimum absolute atomic E-state index is 0.0312. The third-order valence-corrected chi connectivity index (χ3v) is 13.0. The van der Waals surface area contributed by atoms with Crippen LogP contribution < -0.4 is 0 Å². The Morgan fingerprint density at radius 2 is 1.27 bits per heavy atom. The van der Waals surface area contributed by atoms with E-state index < -0.39 is 8.32 Å². The van der Waals surface area contributed by atoms with Gasteiger partial charge >= 0.3 is 6.03 Å². The Morgan fingerprint density at radius 1 is 0.800 bits per heavy atom. The normalized spacial score (nSPS) is 19.2. The molecule has 1 aliphatic heterocycles. The van der Waals surface area contributed by atoms with Crippen molar-refractivity contribution >= 4 is 14.3 Å². The zero-order valence-corrected chi connectivity index (χ0v) is 26.4. The summed E-state index contributed by atoms with van der Waals surface area (Å²) in [6.07, 6.45) is 0.598. The van der Waals surface area contributed by atoms with Gasteiger partial charge in [0.1, 0.15) is 0 Å². The monoisotopic (exact) mass is 557 g/mol. The van der Waals surface area contributed by atoms with Crippen LogP contribution in [0.4, 0.5) is 4.79 Å². The summed E-state index contributed by atoms with van der Waals surface area (Å²) in [5, 5.41) is 4.27. The third-order valence-electron chi connectivity index (χ3n) is 8.48. The Labute approximate surface area is 242 Å². The van der Waals surface area contributed by atoms with Crippen LogP contribution >= 0.6 is 0 Å². The lowest BCUT2D eigenvalue weighted by Gasteiger charge is -2.43. The molecule has 214 valence electrons. The number of rotatable bonds is 9. The Hall–Kier alpha value is -2.93. The van der Waals surface area contributed by atoms with Gasteiger partial charge in [-0.2, -0.15) is 0 Å². The fourth-order valence-corrected chi connectivity index (χ4v) is 6.48. The molecule has 6 heteroatoms. The molecule has 0 aromatic heterocycles. The highest BCUT2D eigenvalue weighted by molar-refractivity contribution is 6.74. The SMILES string of the molecule is CC(C)N1CC(O[Si](C)(C)C(C)(C)C)[C@H](Cc2ccccc2)N(Cc2ccccc2)C(=O)N1Cc1ccccc1. The molecule has 40 heavy (non-hydrogen) atoms. The van der Waals surface area contributed by atoms with Crippen molar-refractivity contribution in [2.24, 2.45) is 0 Å². The molecule has 5 nitrogen and oxygen atoms in total. The topological polar surface area (TPSA) is 36.0 Å². The first kappa shape index (κ1) is 30.0. The minimum atomic E-state index is -2.16. The van der Waals surface area contributed by atoms with Gasteiger partial charge in [-0.05, 0) is 55.1 Å².